The Hall–Kier alpha value is -2.58. The predicted molar refractivity (Wildman–Crippen MR) is 121 cm³/mol. The smallest absolute Gasteiger partial charge is 0.238 e. The van der Waals surface area contributed by atoms with E-state index < -0.39 is 10.0 Å². The highest BCUT2D eigenvalue weighted by Crippen LogP contribution is 2.22. The number of rotatable bonds is 9. The SMILES string of the molecule is CCC(C)Oc1cc(C)ccc1CNC(=NC)NCCc1ccc(S(N)(=O)=O)cc1. The molecule has 0 radical (unpaired) electrons. The quantitative estimate of drug-likeness (QED) is 0.417. The minimum absolute atomic E-state index is 0.116. The third-order valence-electron chi connectivity index (χ3n) is 4.75. The first kappa shape index (κ1) is 23.7. The van der Waals surface area contributed by atoms with Crippen molar-refractivity contribution in [3.8, 4) is 5.75 Å². The summed E-state index contributed by atoms with van der Waals surface area (Å²) < 4.78 is 28.7. The number of hydrogen-bond acceptors (Lipinski definition) is 4. The molecule has 164 valence electrons. The van der Waals surface area contributed by atoms with Gasteiger partial charge < -0.3 is 15.4 Å². The number of nitrogens with one attached hydrogen (secondary N) is 2. The van der Waals surface area contributed by atoms with Crippen molar-refractivity contribution >= 4 is 16.0 Å². The van der Waals surface area contributed by atoms with Crippen molar-refractivity contribution < 1.29 is 13.2 Å². The number of guanidine groups is 1. The van der Waals surface area contributed by atoms with E-state index in [9.17, 15) is 8.42 Å². The molecule has 4 N–H and O–H groups in total. The Balaban J connectivity index is 1.90. The van der Waals surface area contributed by atoms with Gasteiger partial charge in [-0.25, -0.2) is 13.6 Å². The summed E-state index contributed by atoms with van der Waals surface area (Å²) in [7, 11) is -1.94. The number of primary sulfonamides is 1. The average molecular weight is 433 g/mol. The summed E-state index contributed by atoms with van der Waals surface area (Å²) >= 11 is 0. The van der Waals surface area contributed by atoms with E-state index in [4.69, 9.17) is 9.88 Å². The molecule has 0 fully saturated rings. The Morgan fingerprint density at radius 2 is 1.87 bits per heavy atom. The highest BCUT2D eigenvalue weighted by Gasteiger charge is 2.09. The van der Waals surface area contributed by atoms with Crippen LogP contribution in [0.1, 0.15) is 37.0 Å². The van der Waals surface area contributed by atoms with E-state index in [0.29, 0.717) is 19.0 Å². The van der Waals surface area contributed by atoms with Gasteiger partial charge in [0.05, 0.1) is 11.0 Å². The molecular weight excluding hydrogens is 400 g/mol. The number of benzene rings is 2. The molecule has 0 aliphatic carbocycles. The second kappa shape index (κ2) is 11.0. The fourth-order valence-corrected chi connectivity index (χ4v) is 3.30. The summed E-state index contributed by atoms with van der Waals surface area (Å²) in [5.41, 5.74) is 3.24. The summed E-state index contributed by atoms with van der Waals surface area (Å²) in [6.07, 6.45) is 1.82. The Kier molecular flexibility index (Phi) is 8.68. The highest BCUT2D eigenvalue weighted by atomic mass is 32.2. The Bertz CT molecular complexity index is 957. The van der Waals surface area contributed by atoms with Gasteiger partial charge in [-0.1, -0.05) is 31.2 Å². The average Bonchev–Trinajstić information content (AvgIpc) is 2.71. The van der Waals surface area contributed by atoms with Crippen molar-refractivity contribution in [2.45, 2.75) is 51.2 Å². The van der Waals surface area contributed by atoms with Crippen molar-refractivity contribution in [2.24, 2.45) is 10.1 Å². The van der Waals surface area contributed by atoms with Crippen molar-refractivity contribution in [3.05, 3.63) is 59.2 Å². The first-order valence-corrected chi connectivity index (χ1v) is 11.6. The molecule has 0 aliphatic heterocycles. The zero-order chi connectivity index (χ0) is 22.1. The summed E-state index contributed by atoms with van der Waals surface area (Å²) in [5.74, 6) is 1.58. The lowest BCUT2D eigenvalue weighted by molar-refractivity contribution is 0.215. The molecule has 7 nitrogen and oxygen atoms in total. The molecule has 0 aliphatic rings. The molecule has 2 aromatic carbocycles. The van der Waals surface area contributed by atoms with Crippen LogP contribution in [0, 0.1) is 6.92 Å². The van der Waals surface area contributed by atoms with Crippen molar-refractivity contribution in [1.29, 1.82) is 0 Å². The molecule has 1 unspecified atom stereocenters. The molecule has 8 heteroatoms. The van der Waals surface area contributed by atoms with Crippen LogP contribution >= 0.6 is 0 Å². The zero-order valence-electron chi connectivity index (χ0n) is 18.1. The van der Waals surface area contributed by atoms with Gasteiger partial charge in [-0.15, -0.1) is 0 Å². The van der Waals surface area contributed by atoms with Crippen molar-refractivity contribution in [2.75, 3.05) is 13.6 Å². The van der Waals surface area contributed by atoms with Gasteiger partial charge in [0.15, 0.2) is 5.96 Å². The molecule has 1 atom stereocenters. The number of ether oxygens (including phenoxy) is 1. The molecule has 0 aromatic heterocycles. The lowest BCUT2D eigenvalue weighted by atomic mass is 10.1. The van der Waals surface area contributed by atoms with E-state index in [2.05, 4.69) is 54.6 Å². The molecule has 0 spiro atoms. The number of aryl methyl sites for hydroxylation is 1. The van der Waals surface area contributed by atoms with E-state index in [1.165, 1.54) is 12.1 Å². The normalized spacial score (nSPS) is 13.0. The maximum atomic E-state index is 11.3. The Morgan fingerprint density at radius 3 is 2.47 bits per heavy atom. The number of nitrogens with zero attached hydrogens (tertiary/aromatic N) is 1. The second-order valence-electron chi connectivity index (χ2n) is 7.24. The van der Waals surface area contributed by atoms with Crippen LogP contribution in [0.4, 0.5) is 0 Å². The van der Waals surface area contributed by atoms with Gasteiger partial charge in [-0.3, -0.25) is 4.99 Å². The fourth-order valence-electron chi connectivity index (χ4n) is 2.79. The van der Waals surface area contributed by atoms with Gasteiger partial charge in [0.2, 0.25) is 10.0 Å². The lowest BCUT2D eigenvalue weighted by Crippen LogP contribution is -2.38. The van der Waals surface area contributed by atoms with Crippen LogP contribution in [0.2, 0.25) is 0 Å². The third-order valence-corrected chi connectivity index (χ3v) is 5.68. The molecule has 0 saturated heterocycles. The van der Waals surface area contributed by atoms with Gasteiger partial charge >= 0.3 is 0 Å². The van der Waals surface area contributed by atoms with Crippen LogP contribution < -0.4 is 20.5 Å². The minimum atomic E-state index is -3.66. The van der Waals surface area contributed by atoms with E-state index in [-0.39, 0.29) is 11.0 Å². The molecular formula is C22H32N4O3S. The number of sulfonamides is 1. The van der Waals surface area contributed by atoms with Crippen LogP contribution in [0.15, 0.2) is 52.4 Å². The highest BCUT2D eigenvalue weighted by molar-refractivity contribution is 7.89. The standard InChI is InChI=1S/C22H32N4O3S/c1-5-17(3)29-21-14-16(2)6-9-19(21)15-26-22(24-4)25-13-12-18-7-10-20(11-8-18)30(23,27)28/h6-11,14,17H,5,12-13,15H2,1-4H3,(H2,23,27,28)(H2,24,25,26). The molecule has 2 aromatic rings. The summed E-state index contributed by atoms with van der Waals surface area (Å²) in [4.78, 5) is 4.38. The van der Waals surface area contributed by atoms with Gasteiger partial charge in [-0.05, 0) is 56.0 Å². The number of hydrogen-bond donors (Lipinski definition) is 3. The minimum Gasteiger partial charge on any atom is -0.490 e. The largest absolute Gasteiger partial charge is 0.490 e. The predicted octanol–water partition coefficient (Wildman–Crippen LogP) is 2.73. The first-order chi connectivity index (χ1) is 14.2. The van der Waals surface area contributed by atoms with Crippen molar-refractivity contribution in [1.82, 2.24) is 10.6 Å². The van der Waals surface area contributed by atoms with Crippen LogP contribution in [-0.2, 0) is 23.0 Å². The monoisotopic (exact) mass is 432 g/mol. The second-order valence-corrected chi connectivity index (χ2v) is 8.80. The van der Waals surface area contributed by atoms with Gasteiger partial charge in [-0.2, -0.15) is 0 Å². The number of nitrogens with two attached hydrogens (primary N) is 1. The lowest BCUT2D eigenvalue weighted by Gasteiger charge is -2.18. The van der Waals surface area contributed by atoms with E-state index in [0.717, 1.165) is 35.3 Å². The van der Waals surface area contributed by atoms with Crippen LogP contribution in [-0.4, -0.2) is 34.1 Å². The first-order valence-electron chi connectivity index (χ1n) is 10.1. The third kappa shape index (κ3) is 7.35. The topological polar surface area (TPSA) is 106 Å². The molecule has 0 heterocycles. The maximum Gasteiger partial charge on any atom is 0.238 e. The zero-order valence-corrected chi connectivity index (χ0v) is 18.9. The Labute approximate surface area is 179 Å². The molecule has 0 saturated carbocycles. The molecule has 2 rings (SSSR count). The molecule has 0 amide bonds. The van der Waals surface area contributed by atoms with Crippen LogP contribution in [0.3, 0.4) is 0 Å². The van der Waals surface area contributed by atoms with E-state index >= 15 is 0 Å². The number of aliphatic imine (C=N–C) groups is 1. The fraction of sp³-hybridized carbons (Fsp3) is 0.409. The molecule has 30 heavy (non-hydrogen) atoms. The van der Waals surface area contributed by atoms with Gasteiger partial charge in [0.25, 0.3) is 0 Å². The van der Waals surface area contributed by atoms with Gasteiger partial charge in [0.1, 0.15) is 5.75 Å². The van der Waals surface area contributed by atoms with E-state index in [1.54, 1.807) is 19.2 Å². The van der Waals surface area contributed by atoms with Crippen molar-refractivity contribution in [3.63, 3.8) is 0 Å². The summed E-state index contributed by atoms with van der Waals surface area (Å²) in [5, 5.41) is 11.7. The van der Waals surface area contributed by atoms with Crippen LogP contribution in [0.5, 0.6) is 5.75 Å². The Morgan fingerprint density at radius 1 is 1.17 bits per heavy atom. The van der Waals surface area contributed by atoms with Crippen LogP contribution in [0.25, 0.3) is 0 Å². The van der Waals surface area contributed by atoms with E-state index in [1.807, 2.05) is 0 Å². The summed E-state index contributed by atoms with van der Waals surface area (Å²) in [6.45, 7) is 7.46. The maximum absolute atomic E-state index is 11.3. The van der Waals surface area contributed by atoms with Gasteiger partial charge in [0, 0.05) is 25.7 Å². The summed E-state index contributed by atoms with van der Waals surface area (Å²) in [6, 6.07) is 12.8. The molecule has 0 bridgehead atoms.